The van der Waals surface area contributed by atoms with E-state index < -0.39 is 0 Å². The van der Waals surface area contributed by atoms with Crippen molar-refractivity contribution in [2.75, 3.05) is 0 Å². The molecule has 1 saturated carbocycles. The standard InChI is InChI=1S/C13H19NO2/c1-10-6-7-14(13(16)8-10)9-12(15)11-4-2-3-5-11/h6-8,11-12,15H,2-5,9H2,1H3. The van der Waals surface area contributed by atoms with Crippen molar-refractivity contribution in [2.24, 2.45) is 5.92 Å². The van der Waals surface area contributed by atoms with Crippen LogP contribution in [-0.4, -0.2) is 15.8 Å². The van der Waals surface area contributed by atoms with Gasteiger partial charge in [-0.25, -0.2) is 0 Å². The molecule has 1 atom stereocenters. The van der Waals surface area contributed by atoms with Crippen molar-refractivity contribution in [3.8, 4) is 0 Å². The largest absolute Gasteiger partial charge is 0.391 e. The van der Waals surface area contributed by atoms with Crippen LogP contribution in [0.4, 0.5) is 0 Å². The number of nitrogens with zero attached hydrogens (tertiary/aromatic N) is 1. The second kappa shape index (κ2) is 4.83. The molecule has 0 spiro atoms. The van der Waals surface area contributed by atoms with E-state index in [1.54, 1.807) is 16.8 Å². The highest BCUT2D eigenvalue weighted by molar-refractivity contribution is 5.08. The fourth-order valence-electron chi connectivity index (χ4n) is 2.45. The summed E-state index contributed by atoms with van der Waals surface area (Å²) in [6, 6.07) is 3.52. The zero-order valence-electron chi connectivity index (χ0n) is 9.72. The molecule has 1 aromatic heterocycles. The number of rotatable bonds is 3. The maximum absolute atomic E-state index is 11.6. The van der Waals surface area contributed by atoms with Crippen LogP contribution >= 0.6 is 0 Å². The number of hydrogen-bond donors (Lipinski definition) is 1. The van der Waals surface area contributed by atoms with E-state index in [1.165, 1.54) is 12.8 Å². The van der Waals surface area contributed by atoms with Crippen LogP contribution in [0.1, 0.15) is 31.2 Å². The summed E-state index contributed by atoms with van der Waals surface area (Å²) in [5.41, 5.74) is 0.952. The van der Waals surface area contributed by atoms with Crippen molar-refractivity contribution in [2.45, 2.75) is 45.3 Å². The first-order valence-electron chi connectivity index (χ1n) is 6.02. The average molecular weight is 221 g/mol. The van der Waals surface area contributed by atoms with Gasteiger partial charge in [-0.3, -0.25) is 4.79 Å². The Bertz CT molecular complexity index is 405. The Morgan fingerprint density at radius 2 is 2.19 bits per heavy atom. The van der Waals surface area contributed by atoms with Gasteiger partial charge in [0.2, 0.25) is 0 Å². The Morgan fingerprint density at radius 1 is 1.50 bits per heavy atom. The highest BCUT2D eigenvalue weighted by Gasteiger charge is 2.23. The van der Waals surface area contributed by atoms with Crippen molar-refractivity contribution in [1.29, 1.82) is 0 Å². The van der Waals surface area contributed by atoms with Crippen LogP contribution in [0.25, 0.3) is 0 Å². The van der Waals surface area contributed by atoms with Crippen molar-refractivity contribution >= 4 is 0 Å². The molecule has 3 heteroatoms. The topological polar surface area (TPSA) is 42.2 Å². The summed E-state index contributed by atoms with van der Waals surface area (Å²) < 4.78 is 1.61. The molecule has 0 amide bonds. The summed E-state index contributed by atoms with van der Waals surface area (Å²) >= 11 is 0. The number of hydrogen-bond acceptors (Lipinski definition) is 2. The molecule has 0 bridgehead atoms. The summed E-state index contributed by atoms with van der Waals surface area (Å²) in [5, 5.41) is 10.0. The lowest BCUT2D eigenvalue weighted by atomic mass is 10.0. The van der Waals surface area contributed by atoms with Crippen LogP contribution in [0.5, 0.6) is 0 Å². The Balaban J connectivity index is 2.05. The SMILES string of the molecule is Cc1ccn(CC(O)C2CCCC2)c(=O)c1. The number of aliphatic hydroxyl groups is 1. The molecule has 1 fully saturated rings. The number of aromatic nitrogens is 1. The van der Waals surface area contributed by atoms with Gasteiger partial charge in [0, 0.05) is 12.3 Å². The smallest absolute Gasteiger partial charge is 0.250 e. The molecule has 0 aromatic carbocycles. The first kappa shape index (κ1) is 11.4. The Morgan fingerprint density at radius 3 is 2.81 bits per heavy atom. The molecule has 0 radical (unpaired) electrons. The van der Waals surface area contributed by atoms with E-state index in [1.807, 2.05) is 13.0 Å². The zero-order chi connectivity index (χ0) is 11.5. The molecule has 2 rings (SSSR count). The highest BCUT2D eigenvalue weighted by atomic mass is 16.3. The zero-order valence-corrected chi connectivity index (χ0v) is 9.72. The van der Waals surface area contributed by atoms with Gasteiger partial charge in [-0.2, -0.15) is 0 Å². The highest BCUT2D eigenvalue weighted by Crippen LogP contribution is 2.28. The van der Waals surface area contributed by atoms with Crippen LogP contribution in [-0.2, 0) is 6.54 Å². The van der Waals surface area contributed by atoms with Crippen molar-refractivity contribution in [3.05, 3.63) is 34.2 Å². The Kier molecular flexibility index (Phi) is 3.44. The van der Waals surface area contributed by atoms with E-state index in [0.29, 0.717) is 12.5 Å². The molecule has 16 heavy (non-hydrogen) atoms. The first-order valence-corrected chi connectivity index (χ1v) is 6.02. The third-order valence-electron chi connectivity index (χ3n) is 3.48. The molecule has 1 aliphatic carbocycles. The molecular formula is C13H19NO2. The summed E-state index contributed by atoms with van der Waals surface area (Å²) in [6.07, 6.45) is 6.02. The normalized spacial score (nSPS) is 18.9. The van der Waals surface area contributed by atoms with Crippen molar-refractivity contribution < 1.29 is 5.11 Å². The molecule has 1 unspecified atom stereocenters. The van der Waals surface area contributed by atoms with Gasteiger partial charge in [-0.1, -0.05) is 12.8 Å². The minimum Gasteiger partial charge on any atom is -0.391 e. The van der Waals surface area contributed by atoms with Crippen molar-refractivity contribution in [1.82, 2.24) is 4.57 Å². The lowest BCUT2D eigenvalue weighted by molar-refractivity contribution is 0.0920. The second-order valence-corrected chi connectivity index (χ2v) is 4.81. The molecule has 3 nitrogen and oxygen atoms in total. The fourth-order valence-corrected chi connectivity index (χ4v) is 2.45. The second-order valence-electron chi connectivity index (χ2n) is 4.81. The average Bonchev–Trinajstić information content (AvgIpc) is 2.75. The number of pyridine rings is 1. The quantitative estimate of drug-likeness (QED) is 0.844. The minimum atomic E-state index is -0.372. The van der Waals surface area contributed by atoms with Crippen LogP contribution in [0, 0.1) is 12.8 Å². The summed E-state index contributed by atoms with van der Waals surface area (Å²) in [4.78, 5) is 11.6. The van der Waals surface area contributed by atoms with E-state index in [-0.39, 0.29) is 11.7 Å². The van der Waals surface area contributed by atoms with E-state index in [2.05, 4.69) is 0 Å². The van der Waals surface area contributed by atoms with Gasteiger partial charge < -0.3 is 9.67 Å². The van der Waals surface area contributed by atoms with Gasteiger partial charge in [-0.15, -0.1) is 0 Å². The van der Waals surface area contributed by atoms with Crippen LogP contribution in [0.3, 0.4) is 0 Å². The van der Waals surface area contributed by atoms with E-state index in [4.69, 9.17) is 0 Å². The molecule has 1 N–H and O–H groups in total. The van der Waals surface area contributed by atoms with Gasteiger partial charge in [-0.05, 0) is 37.3 Å². The molecule has 0 aliphatic heterocycles. The predicted molar refractivity (Wildman–Crippen MR) is 63.4 cm³/mol. The Labute approximate surface area is 95.7 Å². The van der Waals surface area contributed by atoms with E-state index >= 15 is 0 Å². The maximum atomic E-state index is 11.6. The van der Waals surface area contributed by atoms with Gasteiger partial charge in [0.05, 0.1) is 12.6 Å². The third kappa shape index (κ3) is 2.53. The molecule has 1 heterocycles. The third-order valence-corrected chi connectivity index (χ3v) is 3.48. The summed E-state index contributed by atoms with van der Waals surface area (Å²) in [5.74, 6) is 0.383. The maximum Gasteiger partial charge on any atom is 0.250 e. The van der Waals surface area contributed by atoms with Crippen LogP contribution < -0.4 is 5.56 Å². The molecule has 88 valence electrons. The predicted octanol–water partition coefficient (Wildman–Crippen LogP) is 1.71. The summed E-state index contributed by atoms with van der Waals surface area (Å²) in [6.45, 7) is 2.34. The number of aliphatic hydroxyl groups excluding tert-OH is 1. The molecule has 1 aliphatic rings. The van der Waals surface area contributed by atoms with Gasteiger partial charge in [0.25, 0.3) is 5.56 Å². The molecule has 1 aromatic rings. The monoisotopic (exact) mass is 221 g/mol. The molecule has 0 saturated heterocycles. The van der Waals surface area contributed by atoms with E-state index in [0.717, 1.165) is 18.4 Å². The van der Waals surface area contributed by atoms with Crippen molar-refractivity contribution in [3.63, 3.8) is 0 Å². The van der Waals surface area contributed by atoms with Crippen LogP contribution in [0.15, 0.2) is 23.1 Å². The van der Waals surface area contributed by atoms with E-state index in [9.17, 15) is 9.90 Å². The lowest BCUT2D eigenvalue weighted by Crippen LogP contribution is -2.29. The van der Waals surface area contributed by atoms with Gasteiger partial charge in [0.1, 0.15) is 0 Å². The van der Waals surface area contributed by atoms with Gasteiger partial charge in [0.15, 0.2) is 0 Å². The van der Waals surface area contributed by atoms with Crippen LogP contribution in [0.2, 0.25) is 0 Å². The fraction of sp³-hybridized carbons (Fsp3) is 0.615. The Hall–Kier alpha value is -1.09. The first-order chi connectivity index (χ1) is 7.66. The molecular weight excluding hydrogens is 202 g/mol. The van der Waals surface area contributed by atoms with Gasteiger partial charge >= 0.3 is 0 Å². The summed E-state index contributed by atoms with van der Waals surface area (Å²) in [7, 11) is 0. The minimum absolute atomic E-state index is 0.0166. The lowest BCUT2D eigenvalue weighted by Gasteiger charge is -2.18. The number of aryl methyl sites for hydroxylation is 1.